The van der Waals surface area contributed by atoms with Gasteiger partial charge in [-0.05, 0) is 18.6 Å². The molecule has 0 fully saturated rings. The Balaban J connectivity index is 0.00000106. The number of ether oxygens (including phenoxy) is 2. The second-order valence-corrected chi connectivity index (χ2v) is 2.88. The highest BCUT2D eigenvalue weighted by atomic mass is 16.5. The van der Waals surface area contributed by atoms with Crippen molar-refractivity contribution in [3.05, 3.63) is 23.3 Å². The van der Waals surface area contributed by atoms with Crippen molar-refractivity contribution < 1.29 is 19.4 Å². The van der Waals surface area contributed by atoms with E-state index in [0.717, 1.165) is 25.4 Å². The molecule has 1 aromatic rings. The molecular weight excluding hydrogens is 208 g/mol. The lowest BCUT2D eigenvalue weighted by molar-refractivity contribution is 0.112. The van der Waals surface area contributed by atoms with Gasteiger partial charge in [-0.2, -0.15) is 0 Å². The number of carbonyl (C=O) groups is 1. The zero-order chi connectivity index (χ0) is 12.6. The Hall–Kier alpha value is -1.55. The third-order valence-electron chi connectivity index (χ3n) is 2.12. The summed E-state index contributed by atoms with van der Waals surface area (Å²) in [5.74, 6) is 1.41. The summed E-state index contributed by atoms with van der Waals surface area (Å²) in [4.78, 5) is 10.6. The number of aldehydes is 1. The van der Waals surface area contributed by atoms with E-state index in [2.05, 4.69) is 0 Å². The molecule has 16 heavy (non-hydrogen) atoms. The van der Waals surface area contributed by atoms with Gasteiger partial charge in [-0.25, -0.2) is 0 Å². The van der Waals surface area contributed by atoms with Gasteiger partial charge in [0.1, 0.15) is 17.8 Å². The highest BCUT2D eigenvalue weighted by molar-refractivity contribution is 5.77. The van der Waals surface area contributed by atoms with Crippen molar-refractivity contribution in [3.63, 3.8) is 0 Å². The van der Waals surface area contributed by atoms with Gasteiger partial charge in [0, 0.05) is 18.2 Å². The van der Waals surface area contributed by atoms with Gasteiger partial charge in [0.25, 0.3) is 0 Å². The maximum absolute atomic E-state index is 10.6. The van der Waals surface area contributed by atoms with Crippen LogP contribution in [0.15, 0.2) is 12.1 Å². The largest absolute Gasteiger partial charge is 0.496 e. The highest BCUT2D eigenvalue weighted by Gasteiger charge is 2.09. The summed E-state index contributed by atoms with van der Waals surface area (Å²) in [6.45, 7) is 2.01. The SMILES string of the molecule is CCc1c(OC)cc(C=O)cc1OC.CO. The van der Waals surface area contributed by atoms with Crippen LogP contribution in [0.1, 0.15) is 22.8 Å². The van der Waals surface area contributed by atoms with Gasteiger partial charge in [-0.15, -0.1) is 0 Å². The van der Waals surface area contributed by atoms with E-state index in [1.165, 1.54) is 0 Å². The molecular formula is C12H18O4. The zero-order valence-corrected chi connectivity index (χ0v) is 10.1. The minimum absolute atomic E-state index is 0.566. The predicted molar refractivity (Wildman–Crippen MR) is 62.5 cm³/mol. The second kappa shape index (κ2) is 7.70. The minimum atomic E-state index is 0.566. The van der Waals surface area contributed by atoms with Crippen molar-refractivity contribution in [2.75, 3.05) is 21.3 Å². The van der Waals surface area contributed by atoms with E-state index in [0.29, 0.717) is 17.1 Å². The number of aliphatic hydroxyl groups excluding tert-OH is 1. The molecule has 0 amide bonds. The lowest BCUT2D eigenvalue weighted by Crippen LogP contribution is -1.97. The van der Waals surface area contributed by atoms with Crippen LogP contribution in [0.3, 0.4) is 0 Å². The minimum Gasteiger partial charge on any atom is -0.496 e. The van der Waals surface area contributed by atoms with E-state index >= 15 is 0 Å². The second-order valence-electron chi connectivity index (χ2n) is 2.88. The molecule has 0 radical (unpaired) electrons. The third kappa shape index (κ3) is 3.24. The Morgan fingerprint density at radius 3 is 1.88 bits per heavy atom. The van der Waals surface area contributed by atoms with Crippen molar-refractivity contribution in [3.8, 4) is 11.5 Å². The van der Waals surface area contributed by atoms with E-state index in [-0.39, 0.29) is 0 Å². The van der Waals surface area contributed by atoms with Crippen molar-refractivity contribution in [1.82, 2.24) is 0 Å². The number of hydrogen-bond donors (Lipinski definition) is 1. The Bertz CT molecular complexity index is 309. The first kappa shape index (κ1) is 14.5. The van der Waals surface area contributed by atoms with E-state index in [1.54, 1.807) is 26.4 Å². The quantitative estimate of drug-likeness (QED) is 0.794. The molecule has 0 aliphatic heterocycles. The average molecular weight is 226 g/mol. The van der Waals surface area contributed by atoms with E-state index < -0.39 is 0 Å². The van der Waals surface area contributed by atoms with Crippen molar-refractivity contribution in [2.45, 2.75) is 13.3 Å². The van der Waals surface area contributed by atoms with Crippen LogP contribution < -0.4 is 9.47 Å². The molecule has 0 aliphatic rings. The van der Waals surface area contributed by atoms with Crippen molar-refractivity contribution >= 4 is 6.29 Å². The lowest BCUT2D eigenvalue weighted by atomic mass is 10.1. The van der Waals surface area contributed by atoms with Crippen LogP contribution in [-0.2, 0) is 6.42 Å². The van der Waals surface area contributed by atoms with Gasteiger partial charge in [0.05, 0.1) is 14.2 Å². The average Bonchev–Trinajstić information content (AvgIpc) is 2.39. The summed E-state index contributed by atoms with van der Waals surface area (Å²) < 4.78 is 10.4. The van der Waals surface area contributed by atoms with Gasteiger partial charge >= 0.3 is 0 Å². The lowest BCUT2D eigenvalue weighted by Gasteiger charge is -2.12. The molecule has 0 saturated carbocycles. The summed E-state index contributed by atoms with van der Waals surface area (Å²) in [5, 5.41) is 7.00. The van der Waals surface area contributed by atoms with E-state index in [4.69, 9.17) is 14.6 Å². The molecule has 4 nitrogen and oxygen atoms in total. The monoisotopic (exact) mass is 226 g/mol. The number of carbonyl (C=O) groups excluding carboxylic acids is 1. The van der Waals surface area contributed by atoms with Gasteiger partial charge in [0.2, 0.25) is 0 Å². The molecule has 1 rings (SSSR count). The summed E-state index contributed by atoms with van der Waals surface area (Å²) in [6, 6.07) is 3.43. The van der Waals surface area contributed by atoms with E-state index in [1.807, 2.05) is 6.92 Å². The molecule has 90 valence electrons. The fourth-order valence-corrected chi connectivity index (χ4v) is 1.42. The zero-order valence-electron chi connectivity index (χ0n) is 10.1. The molecule has 0 aromatic heterocycles. The molecule has 0 bridgehead atoms. The van der Waals surface area contributed by atoms with Crippen molar-refractivity contribution in [2.24, 2.45) is 0 Å². The maximum atomic E-state index is 10.6. The third-order valence-corrected chi connectivity index (χ3v) is 2.12. The van der Waals surface area contributed by atoms with Gasteiger partial charge < -0.3 is 14.6 Å². The normalized spacial score (nSPS) is 8.81. The Morgan fingerprint density at radius 2 is 1.62 bits per heavy atom. The summed E-state index contributed by atoms with van der Waals surface area (Å²) in [6.07, 6.45) is 1.59. The fourth-order valence-electron chi connectivity index (χ4n) is 1.42. The summed E-state index contributed by atoms with van der Waals surface area (Å²) in [7, 11) is 4.17. The van der Waals surface area contributed by atoms with Crippen LogP contribution in [0.2, 0.25) is 0 Å². The summed E-state index contributed by atoms with van der Waals surface area (Å²) in [5.41, 5.74) is 1.55. The standard InChI is InChI=1S/C11H14O3.CH4O/c1-4-9-10(13-2)5-8(7-12)6-11(9)14-3;1-2/h5-7H,4H2,1-3H3;2H,1H3. The number of methoxy groups -OCH3 is 2. The van der Waals surface area contributed by atoms with Gasteiger partial charge in [-0.3, -0.25) is 4.79 Å². The first-order chi connectivity index (χ1) is 7.76. The first-order valence-corrected chi connectivity index (χ1v) is 4.91. The smallest absolute Gasteiger partial charge is 0.150 e. The molecule has 0 aliphatic carbocycles. The Labute approximate surface area is 95.8 Å². The molecule has 1 N–H and O–H groups in total. The molecule has 4 heteroatoms. The van der Waals surface area contributed by atoms with Crippen LogP contribution in [0.5, 0.6) is 11.5 Å². The van der Waals surface area contributed by atoms with Crippen LogP contribution in [0.25, 0.3) is 0 Å². The highest BCUT2D eigenvalue weighted by Crippen LogP contribution is 2.30. The first-order valence-electron chi connectivity index (χ1n) is 4.91. The molecule has 0 atom stereocenters. The number of aliphatic hydroxyl groups is 1. The molecule has 0 saturated heterocycles. The molecule has 0 heterocycles. The number of rotatable bonds is 4. The van der Waals surface area contributed by atoms with Gasteiger partial charge in [-0.1, -0.05) is 6.92 Å². The summed E-state index contributed by atoms with van der Waals surface area (Å²) >= 11 is 0. The molecule has 0 spiro atoms. The van der Waals surface area contributed by atoms with Crippen LogP contribution in [0, 0.1) is 0 Å². The van der Waals surface area contributed by atoms with Crippen LogP contribution in [-0.4, -0.2) is 32.7 Å². The van der Waals surface area contributed by atoms with Crippen LogP contribution >= 0.6 is 0 Å². The topological polar surface area (TPSA) is 55.8 Å². The van der Waals surface area contributed by atoms with E-state index in [9.17, 15) is 4.79 Å². The predicted octanol–water partition coefficient (Wildman–Crippen LogP) is 1.69. The van der Waals surface area contributed by atoms with Crippen LogP contribution in [0.4, 0.5) is 0 Å². The number of hydrogen-bond acceptors (Lipinski definition) is 4. The maximum Gasteiger partial charge on any atom is 0.150 e. The molecule has 0 unspecified atom stereocenters. The Morgan fingerprint density at radius 1 is 1.19 bits per heavy atom. The molecule has 1 aromatic carbocycles. The fraction of sp³-hybridized carbons (Fsp3) is 0.417. The van der Waals surface area contributed by atoms with Gasteiger partial charge in [0.15, 0.2) is 0 Å². The van der Waals surface area contributed by atoms with Crippen molar-refractivity contribution in [1.29, 1.82) is 0 Å². The number of benzene rings is 1. The Kier molecular flexibility index (Phi) is 6.96.